The highest BCUT2D eigenvalue weighted by atomic mass is 19.1. The van der Waals surface area contributed by atoms with Crippen LogP contribution in [0.15, 0.2) is 24.3 Å². The fourth-order valence-electron chi connectivity index (χ4n) is 3.67. The summed E-state index contributed by atoms with van der Waals surface area (Å²) in [4.78, 5) is 37.9. The van der Waals surface area contributed by atoms with Gasteiger partial charge in [0.05, 0.1) is 5.41 Å². The molecule has 0 aromatic heterocycles. The molecule has 128 valence electrons. The lowest BCUT2D eigenvalue weighted by Crippen LogP contribution is -2.42. The van der Waals surface area contributed by atoms with Crippen LogP contribution in [0, 0.1) is 11.2 Å². The highest BCUT2D eigenvalue weighted by molar-refractivity contribution is 6.08. The Morgan fingerprint density at radius 2 is 1.88 bits per heavy atom. The molecule has 0 atom stereocenters. The van der Waals surface area contributed by atoms with Gasteiger partial charge in [0.15, 0.2) is 0 Å². The third kappa shape index (κ3) is 3.18. The van der Waals surface area contributed by atoms with E-state index in [1.807, 2.05) is 0 Å². The molecular formula is C18H21FN2O3. The molecule has 5 nitrogen and oxygen atoms in total. The van der Waals surface area contributed by atoms with Gasteiger partial charge in [-0.2, -0.15) is 0 Å². The van der Waals surface area contributed by atoms with Gasteiger partial charge in [-0.05, 0) is 18.9 Å². The van der Waals surface area contributed by atoms with E-state index in [4.69, 9.17) is 0 Å². The highest BCUT2D eigenvalue weighted by Gasteiger charge is 2.51. The van der Waals surface area contributed by atoms with Gasteiger partial charge in [-0.15, -0.1) is 0 Å². The lowest BCUT2D eigenvalue weighted by molar-refractivity contribution is -0.145. The van der Waals surface area contributed by atoms with E-state index in [-0.39, 0.29) is 31.3 Å². The topological polar surface area (TPSA) is 66.5 Å². The number of nitrogens with zero attached hydrogens (tertiary/aromatic N) is 1. The van der Waals surface area contributed by atoms with Gasteiger partial charge in [0.25, 0.3) is 0 Å². The van der Waals surface area contributed by atoms with Gasteiger partial charge in [0, 0.05) is 18.5 Å². The summed E-state index contributed by atoms with van der Waals surface area (Å²) in [6.45, 7) is -0.249. The SMILES string of the molecule is O=C(CN1C(=O)CC2(CCCCC2)C1=O)NCc1ccccc1F. The summed E-state index contributed by atoms with van der Waals surface area (Å²) in [6.07, 6.45) is 4.66. The minimum Gasteiger partial charge on any atom is -0.350 e. The Morgan fingerprint density at radius 3 is 2.58 bits per heavy atom. The Balaban J connectivity index is 1.59. The first-order valence-corrected chi connectivity index (χ1v) is 8.37. The van der Waals surface area contributed by atoms with Crippen LogP contribution in [-0.2, 0) is 20.9 Å². The van der Waals surface area contributed by atoms with Gasteiger partial charge in [-0.25, -0.2) is 4.39 Å². The molecule has 3 amide bonds. The van der Waals surface area contributed by atoms with Gasteiger partial charge in [-0.1, -0.05) is 37.5 Å². The molecule has 3 rings (SSSR count). The molecule has 1 aromatic carbocycles. The van der Waals surface area contributed by atoms with Crippen LogP contribution >= 0.6 is 0 Å². The summed E-state index contributed by atoms with van der Waals surface area (Å²) in [5, 5.41) is 2.57. The number of carbonyl (C=O) groups excluding carboxylic acids is 3. The molecule has 24 heavy (non-hydrogen) atoms. The Hall–Kier alpha value is -2.24. The first-order valence-electron chi connectivity index (χ1n) is 8.37. The second kappa shape index (κ2) is 6.71. The molecule has 0 bridgehead atoms. The van der Waals surface area contributed by atoms with E-state index in [1.165, 1.54) is 6.07 Å². The van der Waals surface area contributed by atoms with Crippen molar-refractivity contribution < 1.29 is 18.8 Å². The van der Waals surface area contributed by atoms with Crippen LogP contribution in [0.5, 0.6) is 0 Å². The van der Waals surface area contributed by atoms with E-state index in [2.05, 4.69) is 5.32 Å². The number of carbonyl (C=O) groups is 3. The minimum atomic E-state index is -0.582. The Morgan fingerprint density at radius 1 is 1.17 bits per heavy atom. The number of imide groups is 1. The largest absolute Gasteiger partial charge is 0.350 e. The van der Waals surface area contributed by atoms with Gasteiger partial charge in [0.2, 0.25) is 17.7 Å². The minimum absolute atomic E-state index is 0.0346. The normalized spacial score (nSPS) is 19.8. The quantitative estimate of drug-likeness (QED) is 0.859. The molecule has 0 radical (unpaired) electrons. The maximum Gasteiger partial charge on any atom is 0.240 e. The highest BCUT2D eigenvalue weighted by Crippen LogP contribution is 2.45. The molecule has 1 aliphatic heterocycles. The predicted octanol–water partition coefficient (Wildman–Crippen LogP) is 2.15. The number of nitrogens with one attached hydrogen (secondary N) is 1. The van der Waals surface area contributed by atoms with Crippen LogP contribution in [0.3, 0.4) is 0 Å². The first kappa shape index (κ1) is 16.6. The maximum absolute atomic E-state index is 13.5. The fraction of sp³-hybridized carbons (Fsp3) is 0.500. The first-order chi connectivity index (χ1) is 11.5. The van der Waals surface area contributed by atoms with Gasteiger partial charge in [-0.3, -0.25) is 19.3 Å². The van der Waals surface area contributed by atoms with E-state index in [1.54, 1.807) is 18.2 Å². The van der Waals surface area contributed by atoms with Crippen molar-refractivity contribution in [1.82, 2.24) is 10.2 Å². The summed E-state index contributed by atoms with van der Waals surface area (Å²) in [7, 11) is 0. The van der Waals surface area contributed by atoms with Crippen LogP contribution in [0.25, 0.3) is 0 Å². The van der Waals surface area contributed by atoms with Gasteiger partial charge >= 0.3 is 0 Å². The fourth-order valence-corrected chi connectivity index (χ4v) is 3.67. The molecule has 1 heterocycles. The molecule has 1 saturated heterocycles. The van der Waals surface area contributed by atoms with Crippen molar-refractivity contribution in [1.29, 1.82) is 0 Å². The standard InChI is InChI=1S/C18H21FN2O3/c19-14-7-3-2-6-13(14)11-20-15(22)12-21-16(23)10-18(17(21)24)8-4-1-5-9-18/h2-3,6-7H,1,4-5,8-12H2,(H,20,22). The number of rotatable bonds is 4. The molecule has 1 spiro atoms. The monoisotopic (exact) mass is 332 g/mol. The predicted molar refractivity (Wildman–Crippen MR) is 85.1 cm³/mol. The van der Waals surface area contributed by atoms with E-state index in [0.717, 1.165) is 37.0 Å². The molecule has 1 N–H and O–H groups in total. The molecule has 1 aliphatic carbocycles. The molecule has 6 heteroatoms. The Kier molecular flexibility index (Phi) is 4.64. The summed E-state index contributed by atoms with van der Waals surface area (Å²) in [6, 6.07) is 6.16. The van der Waals surface area contributed by atoms with Crippen LogP contribution in [-0.4, -0.2) is 29.2 Å². The Bertz CT molecular complexity index is 668. The second-order valence-electron chi connectivity index (χ2n) is 6.67. The summed E-state index contributed by atoms with van der Waals surface area (Å²) in [5.41, 5.74) is -0.213. The summed E-state index contributed by atoms with van der Waals surface area (Å²) in [5.74, 6) is -1.34. The third-order valence-electron chi connectivity index (χ3n) is 5.04. The molecule has 1 saturated carbocycles. The zero-order chi connectivity index (χ0) is 17.2. The van der Waals surface area contributed by atoms with Crippen LogP contribution in [0.2, 0.25) is 0 Å². The zero-order valence-corrected chi connectivity index (χ0v) is 13.5. The van der Waals surface area contributed by atoms with Crippen molar-refractivity contribution in [3.63, 3.8) is 0 Å². The second-order valence-corrected chi connectivity index (χ2v) is 6.67. The van der Waals surface area contributed by atoms with Gasteiger partial charge < -0.3 is 5.32 Å². The van der Waals surface area contributed by atoms with Gasteiger partial charge in [0.1, 0.15) is 12.4 Å². The van der Waals surface area contributed by atoms with Crippen molar-refractivity contribution in [3.05, 3.63) is 35.6 Å². The molecule has 1 aromatic rings. The number of hydrogen-bond donors (Lipinski definition) is 1. The average Bonchev–Trinajstić information content (AvgIpc) is 2.79. The number of hydrogen-bond acceptors (Lipinski definition) is 3. The molecular weight excluding hydrogens is 311 g/mol. The van der Waals surface area contributed by atoms with Crippen molar-refractivity contribution in [2.75, 3.05) is 6.54 Å². The smallest absolute Gasteiger partial charge is 0.240 e. The van der Waals surface area contributed by atoms with Crippen LogP contribution in [0.1, 0.15) is 44.1 Å². The van der Waals surface area contributed by atoms with Crippen molar-refractivity contribution in [2.45, 2.75) is 45.1 Å². The molecule has 2 aliphatic rings. The molecule has 2 fully saturated rings. The van der Waals surface area contributed by atoms with E-state index < -0.39 is 17.1 Å². The number of benzene rings is 1. The van der Waals surface area contributed by atoms with E-state index in [0.29, 0.717) is 5.56 Å². The number of likely N-dealkylation sites (tertiary alicyclic amines) is 1. The van der Waals surface area contributed by atoms with E-state index in [9.17, 15) is 18.8 Å². The van der Waals surface area contributed by atoms with Crippen molar-refractivity contribution in [2.24, 2.45) is 5.41 Å². The van der Waals surface area contributed by atoms with Crippen LogP contribution in [0.4, 0.5) is 4.39 Å². The molecule has 0 unspecified atom stereocenters. The van der Waals surface area contributed by atoms with E-state index >= 15 is 0 Å². The lowest BCUT2D eigenvalue weighted by Gasteiger charge is -2.30. The maximum atomic E-state index is 13.5. The zero-order valence-electron chi connectivity index (χ0n) is 13.5. The van der Waals surface area contributed by atoms with Crippen molar-refractivity contribution in [3.8, 4) is 0 Å². The lowest BCUT2D eigenvalue weighted by atomic mass is 9.73. The van der Waals surface area contributed by atoms with Crippen molar-refractivity contribution >= 4 is 17.7 Å². The summed E-state index contributed by atoms with van der Waals surface area (Å²) >= 11 is 0. The summed E-state index contributed by atoms with van der Waals surface area (Å²) < 4.78 is 13.5. The average molecular weight is 332 g/mol. The third-order valence-corrected chi connectivity index (χ3v) is 5.04. The van der Waals surface area contributed by atoms with Crippen LogP contribution < -0.4 is 5.32 Å². The number of halogens is 1. The Labute approximate surface area is 140 Å². The number of amides is 3.